The van der Waals surface area contributed by atoms with Gasteiger partial charge < -0.3 is 0 Å². The van der Waals surface area contributed by atoms with Gasteiger partial charge in [0.15, 0.2) is 0 Å². The molecular formula is C31H48GeN3. The van der Waals surface area contributed by atoms with E-state index in [4.69, 9.17) is 4.99 Å². The van der Waals surface area contributed by atoms with E-state index in [9.17, 15) is 0 Å². The van der Waals surface area contributed by atoms with Gasteiger partial charge in [-0.2, -0.15) is 0 Å². The van der Waals surface area contributed by atoms with Crippen LogP contribution in [0.4, 0.5) is 11.4 Å². The van der Waals surface area contributed by atoms with E-state index in [0.29, 0.717) is 35.8 Å². The van der Waals surface area contributed by atoms with Crippen molar-refractivity contribution in [2.24, 2.45) is 4.99 Å². The number of hydrogen-bond acceptors (Lipinski definition) is 1. The average Bonchev–Trinajstić information content (AvgIpc) is 2.76. The van der Waals surface area contributed by atoms with Crippen LogP contribution >= 0.6 is 0 Å². The zero-order valence-electron chi connectivity index (χ0n) is 24.3. The van der Waals surface area contributed by atoms with E-state index < -0.39 is 0 Å². The molecule has 0 saturated carbocycles. The molecule has 0 aliphatic carbocycles. The van der Waals surface area contributed by atoms with Gasteiger partial charge in [-0.25, -0.2) is 0 Å². The molecule has 0 bridgehead atoms. The molecule has 0 aliphatic rings. The van der Waals surface area contributed by atoms with Crippen LogP contribution in [0.25, 0.3) is 0 Å². The molecule has 0 heterocycles. The number of anilines is 1. The molecule has 191 valence electrons. The van der Waals surface area contributed by atoms with E-state index in [2.05, 4.69) is 145 Å². The summed E-state index contributed by atoms with van der Waals surface area (Å²) in [5.74, 6) is 2.68. The molecule has 3 nitrogen and oxygen atoms in total. The minimum absolute atomic E-state index is 0.318. The van der Waals surface area contributed by atoms with Crippen LogP contribution < -0.4 is 3.86 Å². The summed E-state index contributed by atoms with van der Waals surface area (Å²) in [4.78, 5) is 8.06. The number of aliphatic imine (C=N–C) groups is 1. The number of nitrogens with zero attached hydrogens (tertiary/aromatic N) is 3. The first-order valence-corrected chi connectivity index (χ1v) is 14.4. The Morgan fingerprint density at radius 1 is 0.600 bits per heavy atom. The molecule has 2 rings (SSSR count). The summed E-state index contributed by atoms with van der Waals surface area (Å²) in [5, 5.41) is 0. The number of guanidine groups is 1. The van der Waals surface area contributed by atoms with Crippen LogP contribution in [0.2, 0.25) is 0 Å². The van der Waals surface area contributed by atoms with Gasteiger partial charge in [0.25, 0.3) is 0 Å². The van der Waals surface area contributed by atoms with Gasteiger partial charge in [0.2, 0.25) is 0 Å². The molecule has 0 spiro atoms. The number of rotatable bonds is 8. The van der Waals surface area contributed by atoms with E-state index in [1.807, 2.05) is 0 Å². The van der Waals surface area contributed by atoms with Crippen molar-refractivity contribution in [3.05, 3.63) is 58.7 Å². The molecule has 0 aliphatic heterocycles. The summed E-state index contributed by atoms with van der Waals surface area (Å²) in [6.07, 6.45) is 0. The van der Waals surface area contributed by atoms with Crippen LogP contribution in [-0.2, 0) is 0 Å². The molecule has 0 atom stereocenters. The Bertz CT molecular complexity index is 942. The van der Waals surface area contributed by atoms with E-state index in [1.54, 1.807) is 0 Å². The van der Waals surface area contributed by atoms with Crippen molar-refractivity contribution < 1.29 is 0 Å². The van der Waals surface area contributed by atoms with Crippen LogP contribution in [0, 0.1) is 0 Å². The molecule has 0 aromatic heterocycles. The fourth-order valence-corrected chi connectivity index (χ4v) is 5.78. The van der Waals surface area contributed by atoms with Gasteiger partial charge in [0, 0.05) is 0 Å². The fourth-order valence-electron chi connectivity index (χ4n) is 4.89. The number of para-hydroxylation sites is 2. The molecule has 0 amide bonds. The van der Waals surface area contributed by atoms with Crippen molar-refractivity contribution in [2.75, 3.05) is 3.86 Å². The van der Waals surface area contributed by atoms with Crippen LogP contribution in [0.15, 0.2) is 41.4 Å². The summed E-state index contributed by atoms with van der Waals surface area (Å²) in [6.45, 7) is 27.4. The van der Waals surface area contributed by atoms with Gasteiger partial charge in [-0.15, -0.1) is 0 Å². The predicted molar refractivity (Wildman–Crippen MR) is 157 cm³/mol. The topological polar surface area (TPSA) is 18.8 Å². The third-order valence-electron chi connectivity index (χ3n) is 6.66. The Hall–Kier alpha value is -1.75. The molecule has 0 saturated heterocycles. The van der Waals surface area contributed by atoms with Crippen molar-refractivity contribution in [3.63, 3.8) is 0 Å². The van der Waals surface area contributed by atoms with Crippen LogP contribution in [-0.4, -0.2) is 39.7 Å². The van der Waals surface area contributed by atoms with Gasteiger partial charge in [-0.3, -0.25) is 0 Å². The van der Waals surface area contributed by atoms with E-state index in [0.717, 1.165) is 11.6 Å². The van der Waals surface area contributed by atoms with Crippen molar-refractivity contribution in [2.45, 2.75) is 119 Å². The molecule has 2 aromatic rings. The Morgan fingerprint density at radius 3 is 1.26 bits per heavy atom. The van der Waals surface area contributed by atoms with Gasteiger partial charge in [-0.1, -0.05) is 0 Å². The Labute approximate surface area is 224 Å². The molecule has 4 heteroatoms. The van der Waals surface area contributed by atoms with Crippen molar-refractivity contribution in [1.82, 2.24) is 4.90 Å². The second-order valence-electron chi connectivity index (χ2n) is 11.5. The second-order valence-corrected chi connectivity index (χ2v) is 12.5. The zero-order chi connectivity index (χ0) is 26.6. The summed E-state index contributed by atoms with van der Waals surface area (Å²) >= 11 is 2.22. The van der Waals surface area contributed by atoms with Crippen LogP contribution in [0.1, 0.15) is 129 Å². The summed E-state index contributed by atoms with van der Waals surface area (Å²) < 4.78 is 2.38. The molecule has 0 unspecified atom stereocenters. The van der Waals surface area contributed by atoms with Gasteiger partial charge in [0.05, 0.1) is 0 Å². The predicted octanol–water partition coefficient (Wildman–Crippen LogP) is 8.88. The van der Waals surface area contributed by atoms with E-state index >= 15 is 0 Å². The molecule has 3 radical (unpaired) electrons. The summed E-state index contributed by atoms with van der Waals surface area (Å²) in [7, 11) is 0. The Kier molecular flexibility index (Phi) is 10.5. The van der Waals surface area contributed by atoms with Crippen molar-refractivity contribution in [1.29, 1.82) is 0 Å². The molecule has 35 heavy (non-hydrogen) atoms. The normalized spacial score (nSPS) is 12.7. The van der Waals surface area contributed by atoms with Gasteiger partial charge in [0.1, 0.15) is 0 Å². The quantitative estimate of drug-likeness (QED) is 0.191. The zero-order valence-corrected chi connectivity index (χ0v) is 26.4. The first-order chi connectivity index (χ1) is 16.3. The molecule has 0 N–H and O–H groups in total. The van der Waals surface area contributed by atoms with E-state index in [1.165, 1.54) is 27.9 Å². The second kappa shape index (κ2) is 12.5. The number of hydrogen-bond donors (Lipinski definition) is 0. The first kappa shape index (κ1) is 29.5. The van der Waals surface area contributed by atoms with Crippen LogP contribution in [0.5, 0.6) is 0 Å². The SMILES string of the molecule is CC(C)c1cccc(C(C)C)c1N=C([N]([Ge])c1c(C(C)C)cccc1C(C)C)N(C(C)C)C(C)C. The van der Waals surface area contributed by atoms with E-state index in [-0.39, 0.29) is 0 Å². The maximum atomic E-state index is 5.59. The monoisotopic (exact) mass is 536 g/mol. The Morgan fingerprint density at radius 2 is 0.943 bits per heavy atom. The molecule has 2 aromatic carbocycles. The average molecular weight is 535 g/mol. The summed E-state index contributed by atoms with van der Waals surface area (Å²) in [6, 6.07) is 14.1. The summed E-state index contributed by atoms with van der Waals surface area (Å²) in [5.41, 5.74) is 7.82. The van der Waals surface area contributed by atoms with Gasteiger partial charge in [-0.05, 0) is 0 Å². The van der Waals surface area contributed by atoms with Crippen LogP contribution in [0.3, 0.4) is 0 Å². The molecule has 0 fully saturated rings. The maximum absolute atomic E-state index is 5.59. The fraction of sp³-hybridized carbons (Fsp3) is 0.581. The molecular weight excluding hydrogens is 487 g/mol. The third-order valence-corrected chi connectivity index (χ3v) is 7.55. The van der Waals surface area contributed by atoms with Crippen molar-refractivity contribution >= 4 is 34.1 Å². The minimum atomic E-state index is 0.318. The standard InChI is InChI=1S/C31H48GeN3/c1-19(2)25-15-13-16-26(20(3)4)29(25)33-31(34(23(9)10)24(11)12)35(32)30-27(21(5)6)17-14-18-28(30)22(7)8/h13-24H,1-12H3. The van der Waals surface area contributed by atoms with Crippen molar-refractivity contribution in [3.8, 4) is 0 Å². The number of benzene rings is 2. The third kappa shape index (κ3) is 6.72. The Balaban J connectivity index is 2.97. The first-order valence-electron chi connectivity index (χ1n) is 13.4. The van der Waals surface area contributed by atoms with Gasteiger partial charge >= 0.3 is 225 Å².